The molecule has 1 fully saturated rings. The first kappa shape index (κ1) is 12.0. The second-order valence-electron chi connectivity index (χ2n) is 5.22. The van der Waals surface area contributed by atoms with E-state index in [2.05, 4.69) is 5.32 Å². The van der Waals surface area contributed by atoms with Crippen molar-refractivity contribution in [3.63, 3.8) is 0 Å². The summed E-state index contributed by atoms with van der Waals surface area (Å²) < 4.78 is 0. The van der Waals surface area contributed by atoms with Crippen LogP contribution in [0.15, 0.2) is 41.5 Å². The molecule has 0 saturated heterocycles. The van der Waals surface area contributed by atoms with Gasteiger partial charge in [0.2, 0.25) is 5.91 Å². The predicted molar refractivity (Wildman–Crippen MR) is 72.1 cm³/mol. The minimum Gasteiger partial charge on any atom is -0.366 e. The number of anilines is 1. The lowest BCUT2D eigenvalue weighted by Crippen LogP contribution is -2.26. The zero-order valence-electron chi connectivity index (χ0n) is 10.6. The normalized spacial score (nSPS) is 24.6. The van der Waals surface area contributed by atoms with Gasteiger partial charge in [0.25, 0.3) is 5.91 Å². The number of benzene rings is 1. The Labute approximate surface area is 111 Å². The lowest BCUT2D eigenvalue weighted by molar-refractivity contribution is -0.116. The smallest absolute Gasteiger partial charge is 0.252 e. The van der Waals surface area contributed by atoms with E-state index in [0.29, 0.717) is 11.1 Å². The lowest BCUT2D eigenvalue weighted by atomic mass is 9.90. The summed E-state index contributed by atoms with van der Waals surface area (Å²) in [5.41, 5.74) is 7.35. The van der Waals surface area contributed by atoms with Crippen LogP contribution in [0.3, 0.4) is 0 Å². The largest absolute Gasteiger partial charge is 0.366 e. The van der Waals surface area contributed by atoms with Gasteiger partial charge in [0.1, 0.15) is 0 Å². The van der Waals surface area contributed by atoms with Gasteiger partial charge in [-0.15, -0.1) is 0 Å². The summed E-state index contributed by atoms with van der Waals surface area (Å²) in [6, 6.07) is 9.27. The Morgan fingerprint density at radius 3 is 2.32 bits per heavy atom. The summed E-state index contributed by atoms with van der Waals surface area (Å²) in [5, 5.41) is 2.85. The van der Waals surface area contributed by atoms with Crippen molar-refractivity contribution in [3.8, 4) is 0 Å². The van der Waals surface area contributed by atoms with Crippen molar-refractivity contribution in [2.45, 2.75) is 19.3 Å². The molecule has 2 bridgehead atoms. The standard InChI is InChI=1S/C15H16N2O2/c16-14(18)12-9-6-7-10(8-9)13(12)15(19)17-11-4-2-1-3-5-11/h1-5,9-10H,6-8H2,(H2,16,18)(H,17,19). The molecule has 0 spiro atoms. The van der Waals surface area contributed by atoms with E-state index in [1.165, 1.54) is 0 Å². The Hall–Kier alpha value is -2.10. The summed E-state index contributed by atoms with van der Waals surface area (Å²) in [7, 11) is 0. The third kappa shape index (κ3) is 2.03. The fourth-order valence-corrected chi connectivity index (χ4v) is 3.31. The van der Waals surface area contributed by atoms with E-state index in [-0.39, 0.29) is 17.7 Å². The molecule has 3 N–H and O–H groups in total. The molecule has 19 heavy (non-hydrogen) atoms. The number of amides is 2. The van der Waals surface area contributed by atoms with E-state index in [1.807, 2.05) is 30.3 Å². The lowest BCUT2D eigenvalue weighted by Gasteiger charge is -2.17. The summed E-state index contributed by atoms with van der Waals surface area (Å²) in [6.07, 6.45) is 2.86. The van der Waals surface area contributed by atoms with Crippen LogP contribution in [0.25, 0.3) is 0 Å². The highest BCUT2D eigenvalue weighted by atomic mass is 16.2. The molecule has 2 aliphatic carbocycles. The van der Waals surface area contributed by atoms with E-state index in [0.717, 1.165) is 24.9 Å². The highest BCUT2D eigenvalue weighted by Crippen LogP contribution is 2.48. The molecule has 2 unspecified atom stereocenters. The van der Waals surface area contributed by atoms with E-state index >= 15 is 0 Å². The maximum atomic E-state index is 12.3. The van der Waals surface area contributed by atoms with Crippen LogP contribution < -0.4 is 11.1 Å². The predicted octanol–water partition coefficient (Wildman–Crippen LogP) is 1.84. The Morgan fingerprint density at radius 1 is 1.05 bits per heavy atom. The van der Waals surface area contributed by atoms with Gasteiger partial charge in [-0.2, -0.15) is 0 Å². The Kier molecular flexibility index (Phi) is 2.85. The first-order valence-electron chi connectivity index (χ1n) is 6.57. The minimum atomic E-state index is -0.439. The molecule has 0 aliphatic heterocycles. The highest BCUT2D eigenvalue weighted by Gasteiger charge is 2.43. The van der Waals surface area contributed by atoms with Crippen LogP contribution in [0.1, 0.15) is 19.3 Å². The van der Waals surface area contributed by atoms with Crippen molar-refractivity contribution in [3.05, 3.63) is 41.5 Å². The summed E-state index contributed by atoms with van der Waals surface area (Å²) in [5.74, 6) is -0.215. The number of carbonyl (C=O) groups excluding carboxylic acids is 2. The van der Waals surface area contributed by atoms with Crippen LogP contribution >= 0.6 is 0 Å². The van der Waals surface area contributed by atoms with Crippen LogP contribution in [0.2, 0.25) is 0 Å². The number of nitrogens with two attached hydrogens (primary N) is 1. The van der Waals surface area contributed by atoms with Crippen molar-refractivity contribution in [1.29, 1.82) is 0 Å². The molecule has 1 saturated carbocycles. The molecule has 0 radical (unpaired) electrons. The van der Waals surface area contributed by atoms with Gasteiger partial charge in [-0.3, -0.25) is 9.59 Å². The maximum Gasteiger partial charge on any atom is 0.252 e. The van der Waals surface area contributed by atoms with Crippen LogP contribution in [0, 0.1) is 11.8 Å². The summed E-state index contributed by atoms with van der Waals surface area (Å²) >= 11 is 0. The van der Waals surface area contributed by atoms with E-state index in [4.69, 9.17) is 5.73 Å². The Balaban J connectivity index is 1.88. The topological polar surface area (TPSA) is 72.2 Å². The van der Waals surface area contributed by atoms with E-state index in [1.54, 1.807) is 0 Å². The summed E-state index contributed by atoms with van der Waals surface area (Å²) in [4.78, 5) is 23.9. The molecule has 4 nitrogen and oxygen atoms in total. The Bertz CT molecular complexity index is 563. The number of carbonyl (C=O) groups is 2. The molecule has 1 aromatic carbocycles. The molecular formula is C15H16N2O2. The number of fused-ring (bicyclic) bond motifs is 2. The molecule has 0 heterocycles. The van der Waals surface area contributed by atoms with Crippen molar-refractivity contribution in [2.24, 2.45) is 17.6 Å². The quantitative estimate of drug-likeness (QED) is 0.866. The van der Waals surface area contributed by atoms with Gasteiger partial charge in [-0.25, -0.2) is 0 Å². The summed E-state index contributed by atoms with van der Waals surface area (Å²) in [6.45, 7) is 0. The molecule has 0 aromatic heterocycles. The van der Waals surface area contributed by atoms with Crippen LogP contribution in [-0.4, -0.2) is 11.8 Å². The van der Waals surface area contributed by atoms with Gasteiger partial charge >= 0.3 is 0 Å². The van der Waals surface area contributed by atoms with Crippen molar-refractivity contribution in [1.82, 2.24) is 0 Å². The van der Waals surface area contributed by atoms with Gasteiger partial charge in [0, 0.05) is 16.8 Å². The Morgan fingerprint density at radius 2 is 1.68 bits per heavy atom. The van der Waals surface area contributed by atoms with Crippen molar-refractivity contribution in [2.75, 3.05) is 5.32 Å². The number of rotatable bonds is 3. The first-order valence-corrected chi connectivity index (χ1v) is 6.57. The van der Waals surface area contributed by atoms with Gasteiger partial charge in [-0.05, 0) is 43.2 Å². The van der Waals surface area contributed by atoms with Crippen LogP contribution in [0.4, 0.5) is 5.69 Å². The molecule has 3 rings (SSSR count). The number of hydrogen-bond acceptors (Lipinski definition) is 2. The fourth-order valence-electron chi connectivity index (χ4n) is 3.31. The SMILES string of the molecule is NC(=O)C1=C(C(=O)Nc2ccccc2)C2CCC1C2. The van der Waals surface area contributed by atoms with Crippen molar-refractivity contribution < 1.29 is 9.59 Å². The molecule has 4 heteroatoms. The molecule has 2 amide bonds. The van der Waals surface area contributed by atoms with Gasteiger partial charge < -0.3 is 11.1 Å². The monoisotopic (exact) mass is 256 g/mol. The first-order chi connectivity index (χ1) is 9.16. The third-order valence-corrected chi connectivity index (χ3v) is 4.08. The number of para-hydroxylation sites is 1. The van der Waals surface area contributed by atoms with Gasteiger partial charge in [-0.1, -0.05) is 18.2 Å². The van der Waals surface area contributed by atoms with Crippen molar-refractivity contribution >= 4 is 17.5 Å². The van der Waals surface area contributed by atoms with E-state index < -0.39 is 5.91 Å². The molecule has 2 atom stereocenters. The minimum absolute atomic E-state index is 0.174. The van der Waals surface area contributed by atoms with Gasteiger partial charge in [0.05, 0.1) is 0 Å². The highest BCUT2D eigenvalue weighted by molar-refractivity contribution is 6.11. The average molecular weight is 256 g/mol. The van der Waals surface area contributed by atoms with Crippen LogP contribution in [-0.2, 0) is 9.59 Å². The number of nitrogens with one attached hydrogen (secondary N) is 1. The average Bonchev–Trinajstić information content (AvgIpc) is 2.99. The molecular weight excluding hydrogens is 240 g/mol. The second kappa shape index (κ2) is 4.53. The maximum absolute atomic E-state index is 12.3. The van der Waals surface area contributed by atoms with E-state index in [9.17, 15) is 9.59 Å². The molecule has 98 valence electrons. The number of primary amides is 1. The third-order valence-electron chi connectivity index (χ3n) is 4.08. The number of hydrogen-bond donors (Lipinski definition) is 2. The molecule has 2 aliphatic rings. The fraction of sp³-hybridized carbons (Fsp3) is 0.333. The second-order valence-corrected chi connectivity index (χ2v) is 5.22. The van der Waals surface area contributed by atoms with Gasteiger partial charge in [0.15, 0.2) is 0 Å². The van der Waals surface area contributed by atoms with Crippen LogP contribution in [0.5, 0.6) is 0 Å². The zero-order valence-corrected chi connectivity index (χ0v) is 10.6. The molecule has 1 aromatic rings. The zero-order chi connectivity index (χ0) is 13.4.